The minimum absolute atomic E-state index is 0.0261. The summed E-state index contributed by atoms with van der Waals surface area (Å²) in [6.45, 7) is 4.31. The Balaban J connectivity index is 2.73. The monoisotopic (exact) mass is 252 g/mol. The first-order valence-electron chi connectivity index (χ1n) is 5.91. The molecule has 18 heavy (non-hydrogen) atoms. The van der Waals surface area contributed by atoms with Gasteiger partial charge in [0.1, 0.15) is 0 Å². The van der Waals surface area contributed by atoms with Crippen molar-refractivity contribution in [2.24, 2.45) is 5.73 Å². The maximum absolute atomic E-state index is 11.3. The molecule has 0 aromatic heterocycles. The Morgan fingerprint density at radius 1 is 1.44 bits per heavy atom. The van der Waals surface area contributed by atoms with Crippen molar-refractivity contribution in [3.8, 4) is 11.5 Å². The first kappa shape index (κ1) is 14.3. The van der Waals surface area contributed by atoms with Gasteiger partial charge >= 0.3 is 0 Å². The highest BCUT2D eigenvalue weighted by molar-refractivity contribution is 5.77. The lowest BCUT2D eigenvalue weighted by Crippen LogP contribution is -2.28. The van der Waals surface area contributed by atoms with Crippen LogP contribution in [0, 0.1) is 0 Å². The minimum atomic E-state index is -0.157. The largest absolute Gasteiger partial charge is 0.493 e. The van der Waals surface area contributed by atoms with Crippen molar-refractivity contribution >= 4 is 5.91 Å². The van der Waals surface area contributed by atoms with E-state index in [1.54, 1.807) is 13.2 Å². The van der Waals surface area contributed by atoms with Gasteiger partial charge in [0.05, 0.1) is 7.11 Å². The predicted octanol–water partition coefficient (Wildman–Crippen LogP) is 1.23. The van der Waals surface area contributed by atoms with Gasteiger partial charge in [-0.2, -0.15) is 0 Å². The molecule has 0 aliphatic carbocycles. The Morgan fingerprint density at radius 2 is 2.17 bits per heavy atom. The van der Waals surface area contributed by atoms with Gasteiger partial charge in [-0.25, -0.2) is 0 Å². The van der Waals surface area contributed by atoms with Crippen LogP contribution in [0.25, 0.3) is 0 Å². The molecular weight excluding hydrogens is 232 g/mol. The Labute approximate surface area is 107 Å². The van der Waals surface area contributed by atoms with E-state index in [0.717, 1.165) is 5.56 Å². The molecule has 0 heterocycles. The van der Waals surface area contributed by atoms with Crippen LogP contribution in [0.3, 0.4) is 0 Å². The zero-order chi connectivity index (χ0) is 13.5. The lowest BCUT2D eigenvalue weighted by Gasteiger charge is -2.13. The van der Waals surface area contributed by atoms with Gasteiger partial charge in [-0.15, -0.1) is 0 Å². The highest BCUT2D eigenvalue weighted by Crippen LogP contribution is 2.29. The van der Waals surface area contributed by atoms with Crippen LogP contribution < -0.4 is 20.5 Å². The highest BCUT2D eigenvalue weighted by Gasteiger charge is 2.09. The first-order valence-corrected chi connectivity index (χ1v) is 5.91. The van der Waals surface area contributed by atoms with Gasteiger partial charge in [0, 0.05) is 12.6 Å². The number of amides is 1. The smallest absolute Gasteiger partial charge is 0.257 e. The molecule has 1 amide bonds. The molecule has 0 aliphatic heterocycles. The van der Waals surface area contributed by atoms with E-state index in [1.165, 1.54) is 0 Å². The van der Waals surface area contributed by atoms with E-state index in [4.69, 9.17) is 15.2 Å². The molecule has 100 valence electrons. The SMILES string of the molecule is CCNC(=O)COc1ccc([C@@H](C)N)cc1OC. The van der Waals surface area contributed by atoms with Gasteiger partial charge in [-0.1, -0.05) is 6.07 Å². The van der Waals surface area contributed by atoms with Gasteiger partial charge in [0.15, 0.2) is 18.1 Å². The molecule has 1 aromatic rings. The minimum Gasteiger partial charge on any atom is -0.493 e. The van der Waals surface area contributed by atoms with Gasteiger partial charge < -0.3 is 20.5 Å². The van der Waals surface area contributed by atoms with Crippen LogP contribution in [-0.2, 0) is 4.79 Å². The summed E-state index contributed by atoms with van der Waals surface area (Å²) in [5, 5.41) is 2.66. The maximum Gasteiger partial charge on any atom is 0.257 e. The van der Waals surface area contributed by atoms with Gasteiger partial charge in [0.25, 0.3) is 5.91 Å². The lowest BCUT2D eigenvalue weighted by atomic mass is 10.1. The summed E-state index contributed by atoms with van der Waals surface area (Å²) < 4.78 is 10.6. The fourth-order valence-electron chi connectivity index (χ4n) is 1.48. The molecule has 0 saturated heterocycles. The van der Waals surface area contributed by atoms with Crippen molar-refractivity contribution < 1.29 is 14.3 Å². The van der Waals surface area contributed by atoms with E-state index in [9.17, 15) is 4.79 Å². The highest BCUT2D eigenvalue weighted by atomic mass is 16.5. The number of nitrogens with one attached hydrogen (secondary N) is 1. The summed E-state index contributed by atoms with van der Waals surface area (Å²) in [4.78, 5) is 11.3. The third-order valence-electron chi connectivity index (χ3n) is 2.45. The molecular formula is C13H20N2O3. The number of methoxy groups -OCH3 is 1. The quantitative estimate of drug-likeness (QED) is 0.798. The number of carbonyl (C=O) groups excluding carboxylic acids is 1. The maximum atomic E-state index is 11.3. The van der Waals surface area contributed by atoms with E-state index >= 15 is 0 Å². The molecule has 3 N–H and O–H groups in total. The second-order valence-corrected chi connectivity index (χ2v) is 3.94. The summed E-state index contributed by atoms with van der Waals surface area (Å²) in [6.07, 6.45) is 0. The second-order valence-electron chi connectivity index (χ2n) is 3.94. The van der Waals surface area contributed by atoms with Crippen LogP contribution in [0.5, 0.6) is 11.5 Å². The molecule has 0 saturated carbocycles. The molecule has 0 spiro atoms. The van der Waals surface area contributed by atoms with Crippen molar-refractivity contribution in [3.05, 3.63) is 23.8 Å². The number of likely N-dealkylation sites (N-methyl/N-ethyl adjacent to an activating group) is 1. The van der Waals surface area contributed by atoms with Gasteiger partial charge in [0.2, 0.25) is 0 Å². The van der Waals surface area contributed by atoms with Crippen molar-refractivity contribution in [1.82, 2.24) is 5.32 Å². The zero-order valence-corrected chi connectivity index (χ0v) is 11.0. The molecule has 0 bridgehead atoms. The lowest BCUT2D eigenvalue weighted by molar-refractivity contribution is -0.123. The molecule has 5 nitrogen and oxygen atoms in total. The van der Waals surface area contributed by atoms with E-state index < -0.39 is 0 Å². The Hall–Kier alpha value is -1.75. The van der Waals surface area contributed by atoms with Crippen LogP contribution in [0.2, 0.25) is 0 Å². The van der Waals surface area contributed by atoms with E-state index in [2.05, 4.69) is 5.32 Å². The third-order valence-corrected chi connectivity index (χ3v) is 2.45. The van der Waals surface area contributed by atoms with Crippen molar-refractivity contribution in [2.75, 3.05) is 20.3 Å². The second kappa shape index (κ2) is 6.86. The molecule has 0 aliphatic rings. The summed E-state index contributed by atoms with van der Waals surface area (Å²) in [7, 11) is 1.55. The molecule has 0 unspecified atom stereocenters. The summed E-state index contributed by atoms with van der Waals surface area (Å²) in [5.74, 6) is 0.957. The number of carbonyl (C=O) groups is 1. The van der Waals surface area contributed by atoms with Crippen LogP contribution in [0.4, 0.5) is 0 Å². The van der Waals surface area contributed by atoms with Crippen LogP contribution in [-0.4, -0.2) is 26.2 Å². The molecule has 1 atom stereocenters. The Morgan fingerprint density at radius 3 is 2.72 bits per heavy atom. The number of benzene rings is 1. The summed E-state index contributed by atoms with van der Waals surface area (Å²) in [6, 6.07) is 5.37. The molecule has 0 fully saturated rings. The molecule has 0 radical (unpaired) electrons. The van der Waals surface area contributed by atoms with Crippen LogP contribution in [0.15, 0.2) is 18.2 Å². The number of ether oxygens (including phenoxy) is 2. The number of nitrogens with two attached hydrogens (primary N) is 1. The van der Waals surface area contributed by atoms with Crippen LogP contribution in [0.1, 0.15) is 25.5 Å². The van der Waals surface area contributed by atoms with E-state index in [-0.39, 0.29) is 18.6 Å². The first-order chi connectivity index (χ1) is 8.58. The standard InChI is InChI=1S/C13H20N2O3/c1-4-15-13(16)8-18-11-6-5-10(9(2)14)7-12(11)17-3/h5-7,9H,4,8,14H2,1-3H3,(H,15,16)/t9-/m1/s1. The average Bonchev–Trinajstić information content (AvgIpc) is 2.36. The number of rotatable bonds is 6. The average molecular weight is 252 g/mol. The molecule has 1 rings (SSSR count). The van der Waals surface area contributed by atoms with Crippen molar-refractivity contribution in [1.29, 1.82) is 0 Å². The Kier molecular flexibility index (Phi) is 5.45. The van der Waals surface area contributed by atoms with Gasteiger partial charge in [-0.3, -0.25) is 4.79 Å². The van der Waals surface area contributed by atoms with Crippen molar-refractivity contribution in [3.63, 3.8) is 0 Å². The molecule has 5 heteroatoms. The fraction of sp³-hybridized carbons (Fsp3) is 0.462. The number of hydrogen-bond donors (Lipinski definition) is 2. The van der Waals surface area contributed by atoms with Crippen LogP contribution >= 0.6 is 0 Å². The normalized spacial score (nSPS) is 11.8. The molecule has 1 aromatic carbocycles. The topological polar surface area (TPSA) is 73.6 Å². The predicted molar refractivity (Wildman–Crippen MR) is 69.8 cm³/mol. The van der Waals surface area contributed by atoms with E-state index in [1.807, 2.05) is 26.0 Å². The fourth-order valence-corrected chi connectivity index (χ4v) is 1.48. The summed E-state index contributed by atoms with van der Waals surface area (Å²) in [5.41, 5.74) is 6.74. The van der Waals surface area contributed by atoms with Crippen molar-refractivity contribution in [2.45, 2.75) is 19.9 Å². The zero-order valence-electron chi connectivity index (χ0n) is 11.0. The van der Waals surface area contributed by atoms with Gasteiger partial charge in [-0.05, 0) is 31.5 Å². The Bertz CT molecular complexity index is 405. The third kappa shape index (κ3) is 3.92. The number of hydrogen-bond acceptors (Lipinski definition) is 4. The summed E-state index contributed by atoms with van der Waals surface area (Å²) >= 11 is 0. The van der Waals surface area contributed by atoms with E-state index in [0.29, 0.717) is 18.0 Å².